The smallest absolute Gasteiger partial charge is 0.317 e. The Morgan fingerprint density at radius 1 is 1.48 bits per heavy atom. The first-order valence-corrected chi connectivity index (χ1v) is 7.96. The number of amides is 2. The van der Waals surface area contributed by atoms with Gasteiger partial charge in [-0.2, -0.15) is 0 Å². The number of urea groups is 1. The number of hydrogen-bond acceptors (Lipinski definition) is 5. The van der Waals surface area contributed by atoms with Gasteiger partial charge in [-0.25, -0.2) is 9.78 Å². The minimum Gasteiger partial charge on any atom is -0.389 e. The van der Waals surface area contributed by atoms with Gasteiger partial charge in [0.15, 0.2) is 0 Å². The van der Waals surface area contributed by atoms with E-state index in [4.69, 9.17) is 4.74 Å². The van der Waals surface area contributed by atoms with E-state index in [-0.39, 0.29) is 19.2 Å². The number of carbonyl (C=O) groups is 1. The van der Waals surface area contributed by atoms with E-state index in [9.17, 15) is 9.90 Å². The van der Waals surface area contributed by atoms with E-state index in [1.807, 2.05) is 12.1 Å². The zero-order valence-corrected chi connectivity index (χ0v) is 13.9. The molecule has 128 valence electrons. The first kappa shape index (κ1) is 17.5. The van der Waals surface area contributed by atoms with Crippen molar-refractivity contribution in [3.05, 3.63) is 23.9 Å². The summed E-state index contributed by atoms with van der Waals surface area (Å²) >= 11 is 0. The predicted octanol–water partition coefficient (Wildman–Crippen LogP) is 0.830. The lowest BCUT2D eigenvalue weighted by Crippen LogP contribution is -2.42. The number of rotatable bonds is 7. The van der Waals surface area contributed by atoms with Crippen molar-refractivity contribution < 1.29 is 14.6 Å². The van der Waals surface area contributed by atoms with Gasteiger partial charge in [-0.15, -0.1) is 0 Å². The number of anilines is 1. The standard InChI is InChI=1S/C16H26N4O3/c1-19(11-14(21)12-23-2)16(22)18-10-13-5-6-15(17-9-13)20-7-3-4-8-20/h5-6,9,14,21H,3-4,7-8,10-12H2,1-2H3,(H,18,22)/t14-/m0/s1. The molecule has 1 aromatic heterocycles. The van der Waals surface area contributed by atoms with Crippen molar-refractivity contribution in [2.45, 2.75) is 25.5 Å². The fraction of sp³-hybridized carbons (Fsp3) is 0.625. The molecule has 1 aliphatic heterocycles. The van der Waals surface area contributed by atoms with Gasteiger partial charge in [0.1, 0.15) is 5.82 Å². The highest BCUT2D eigenvalue weighted by molar-refractivity contribution is 5.73. The quantitative estimate of drug-likeness (QED) is 0.777. The van der Waals surface area contributed by atoms with Crippen LogP contribution in [0.15, 0.2) is 18.3 Å². The Kier molecular flexibility index (Phi) is 6.61. The molecule has 0 unspecified atom stereocenters. The molecule has 1 aromatic rings. The normalized spacial score (nSPS) is 15.5. The maximum absolute atomic E-state index is 12.0. The molecule has 0 saturated carbocycles. The lowest BCUT2D eigenvalue weighted by Gasteiger charge is -2.21. The summed E-state index contributed by atoms with van der Waals surface area (Å²) in [6, 6.07) is 3.75. The predicted molar refractivity (Wildman–Crippen MR) is 88.4 cm³/mol. The number of hydrogen-bond donors (Lipinski definition) is 2. The van der Waals surface area contributed by atoms with Gasteiger partial charge in [-0.3, -0.25) is 0 Å². The molecule has 1 aliphatic rings. The highest BCUT2D eigenvalue weighted by Gasteiger charge is 2.14. The first-order chi connectivity index (χ1) is 11.1. The van der Waals surface area contributed by atoms with Crippen LogP contribution >= 0.6 is 0 Å². The van der Waals surface area contributed by atoms with E-state index in [1.54, 1.807) is 13.2 Å². The van der Waals surface area contributed by atoms with Crippen molar-refractivity contribution in [1.29, 1.82) is 0 Å². The number of methoxy groups -OCH3 is 1. The van der Waals surface area contributed by atoms with Gasteiger partial charge >= 0.3 is 6.03 Å². The number of ether oxygens (including phenoxy) is 1. The fourth-order valence-electron chi connectivity index (χ4n) is 2.61. The first-order valence-electron chi connectivity index (χ1n) is 7.96. The van der Waals surface area contributed by atoms with Crippen LogP contribution in [-0.4, -0.2) is 67.5 Å². The van der Waals surface area contributed by atoms with Crippen molar-refractivity contribution >= 4 is 11.8 Å². The van der Waals surface area contributed by atoms with Crippen molar-refractivity contribution in [3.8, 4) is 0 Å². The second-order valence-electron chi connectivity index (χ2n) is 5.87. The third-order valence-corrected chi connectivity index (χ3v) is 3.87. The van der Waals surface area contributed by atoms with Crippen LogP contribution < -0.4 is 10.2 Å². The number of nitrogens with zero attached hydrogens (tertiary/aromatic N) is 3. The summed E-state index contributed by atoms with van der Waals surface area (Å²) in [6.07, 6.45) is 3.56. The molecule has 1 fully saturated rings. The minimum atomic E-state index is -0.683. The number of carbonyl (C=O) groups excluding carboxylic acids is 1. The lowest BCUT2D eigenvalue weighted by molar-refractivity contribution is 0.0489. The number of aliphatic hydroxyl groups is 1. The molecule has 0 spiro atoms. The number of likely N-dealkylation sites (N-methyl/N-ethyl adjacent to an activating group) is 1. The molecule has 2 N–H and O–H groups in total. The maximum atomic E-state index is 12.0. The van der Waals surface area contributed by atoms with Crippen LogP contribution in [0.5, 0.6) is 0 Å². The van der Waals surface area contributed by atoms with Crippen molar-refractivity contribution in [2.24, 2.45) is 0 Å². The molecule has 0 radical (unpaired) electrons. The Bertz CT molecular complexity index is 489. The zero-order valence-electron chi connectivity index (χ0n) is 13.9. The third kappa shape index (κ3) is 5.37. The molecule has 2 amide bonds. The van der Waals surface area contributed by atoms with Crippen LogP contribution in [0.2, 0.25) is 0 Å². The number of nitrogens with one attached hydrogen (secondary N) is 1. The van der Waals surface area contributed by atoms with Crippen LogP contribution in [-0.2, 0) is 11.3 Å². The van der Waals surface area contributed by atoms with Gasteiger partial charge in [0.2, 0.25) is 0 Å². The summed E-state index contributed by atoms with van der Waals surface area (Å²) < 4.78 is 4.85. The molecular formula is C16H26N4O3. The van der Waals surface area contributed by atoms with Gasteiger partial charge in [0.25, 0.3) is 0 Å². The molecule has 2 rings (SSSR count). The van der Waals surface area contributed by atoms with Gasteiger partial charge in [-0.1, -0.05) is 6.07 Å². The largest absolute Gasteiger partial charge is 0.389 e. The van der Waals surface area contributed by atoms with E-state index in [2.05, 4.69) is 15.2 Å². The molecular weight excluding hydrogens is 296 g/mol. The Morgan fingerprint density at radius 3 is 2.83 bits per heavy atom. The van der Waals surface area contributed by atoms with Crippen molar-refractivity contribution in [3.63, 3.8) is 0 Å². The van der Waals surface area contributed by atoms with E-state index in [1.165, 1.54) is 24.9 Å². The molecule has 2 heterocycles. The van der Waals surface area contributed by atoms with Gasteiger partial charge < -0.3 is 25.0 Å². The van der Waals surface area contributed by atoms with Gasteiger partial charge in [0, 0.05) is 40.0 Å². The summed E-state index contributed by atoms with van der Waals surface area (Å²) in [4.78, 5) is 20.1. The van der Waals surface area contributed by atoms with Crippen molar-refractivity contribution in [2.75, 3.05) is 45.3 Å². The summed E-state index contributed by atoms with van der Waals surface area (Å²) in [5.41, 5.74) is 0.951. The van der Waals surface area contributed by atoms with Crippen LogP contribution in [0.1, 0.15) is 18.4 Å². The topological polar surface area (TPSA) is 77.9 Å². The van der Waals surface area contributed by atoms with E-state index >= 15 is 0 Å². The zero-order chi connectivity index (χ0) is 16.7. The van der Waals surface area contributed by atoms with E-state index < -0.39 is 6.10 Å². The summed E-state index contributed by atoms with van der Waals surface area (Å²) in [5, 5.41) is 12.4. The molecule has 7 heteroatoms. The Hall–Kier alpha value is -1.86. The summed E-state index contributed by atoms with van der Waals surface area (Å²) in [6.45, 7) is 2.98. The average molecular weight is 322 g/mol. The molecule has 7 nitrogen and oxygen atoms in total. The fourth-order valence-corrected chi connectivity index (χ4v) is 2.61. The number of pyridine rings is 1. The van der Waals surface area contributed by atoms with Gasteiger partial charge in [0.05, 0.1) is 19.3 Å². The highest BCUT2D eigenvalue weighted by atomic mass is 16.5. The molecule has 0 aromatic carbocycles. The van der Waals surface area contributed by atoms with Crippen molar-refractivity contribution in [1.82, 2.24) is 15.2 Å². The highest BCUT2D eigenvalue weighted by Crippen LogP contribution is 2.17. The molecule has 0 bridgehead atoms. The third-order valence-electron chi connectivity index (χ3n) is 3.87. The second kappa shape index (κ2) is 8.69. The molecule has 0 aliphatic carbocycles. The lowest BCUT2D eigenvalue weighted by atomic mass is 10.3. The van der Waals surface area contributed by atoms with Crippen LogP contribution in [0.3, 0.4) is 0 Å². The number of aliphatic hydroxyl groups excluding tert-OH is 1. The van der Waals surface area contributed by atoms with E-state index in [0.717, 1.165) is 24.5 Å². The van der Waals surface area contributed by atoms with Crippen LogP contribution in [0.25, 0.3) is 0 Å². The number of aromatic nitrogens is 1. The van der Waals surface area contributed by atoms with Gasteiger partial charge in [-0.05, 0) is 24.5 Å². The summed E-state index contributed by atoms with van der Waals surface area (Å²) in [5.74, 6) is 0.998. The monoisotopic (exact) mass is 322 g/mol. The van der Waals surface area contributed by atoms with E-state index in [0.29, 0.717) is 6.54 Å². The SMILES string of the molecule is COC[C@@H](O)CN(C)C(=O)NCc1ccc(N2CCCC2)nc1. The minimum absolute atomic E-state index is 0.208. The summed E-state index contributed by atoms with van der Waals surface area (Å²) in [7, 11) is 3.16. The Morgan fingerprint density at radius 2 is 2.22 bits per heavy atom. The Balaban J connectivity index is 1.77. The maximum Gasteiger partial charge on any atom is 0.317 e. The molecule has 1 atom stereocenters. The average Bonchev–Trinajstić information content (AvgIpc) is 3.07. The molecule has 23 heavy (non-hydrogen) atoms. The molecule has 1 saturated heterocycles. The van der Waals surface area contributed by atoms with Crippen LogP contribution in [0, 0.1) is 0 Å². The van der Waals surface area contributed by atoms with Crippen LogP contribution in [0.4, 0.5) is 10.6 Å². The Labute approximate surface area is 137 Å². The second-order valence-corrected chi connectivity index (χ2v) is 5.87.